The van der Waals surface area contributed by atoms with Crippen LogP contribution >= 0.6 is 11.6 Å². The SMILES string of the molecule is C[C@@H](NC(=O)c1ccc2cnn(Cc3ccc(Cl)cc3)c2c1)c1ccc(F)cc1. The Morgan fingerprint density at radius 2 is 1.83 bits per heavy atom. The van der Waals surface area contributed by atoms with Gasteiger partial charge in [-0.2, -0.15) is 5.10 Å². The van der Waals surface area contributed by atoms with E-state index in [1.807, 2.05) is 48.0 Å². The summed E-state index contributed by atoms with van der Waals surface area (Å²) >= 11 is 5.95. The first kappa shape index (κ1) is 19.2. The van der Waals surface area contributed by atoms with Gasteiger partial charge in [0.25, 0.3) is 5.91 Å². The van der Waals surface area contributed by atoms with E-state index in [9.17, 15) is 9.18 Å². The van der Waals surface area contributed by atoms with Gasteiger partial charge in [0.1, 0.15) is 5.82 Å². The Labute approximate surface area is 172 Å². The fourth-order valence-corrected chi connectivity index (χ4v) is 3.34. The maximum atomic E-state index is 13.1. The second-order valence-corrected chi connectivity index (χ2v) is 7.39. The number of hydrogen-bond acceptors (Lipinski definition) is 2. The summed E-state index contributed by atoms with van der Waals surface area (Å²) in [5.74, 6) is -0.491. The van der Waals surface area contributed by atoms with Crippen molar-refractivity contribution in [3.8, 4) is 0 Å². The topological polar surface area (TPSA) is 46.9 Å². The molecule has 1 N–H and O–H groups in total. The third-order valence-electron chi connectivity index (χ3n) is 4.87. The maximum absolute atomic E-state index is 13.1. The number of carbonyl (C=O) groups excluding carboxylic acids is 1. The van der Waals surface area contributed by atoms with Crippen LogP contribution in [-0.2, 0) is 6.54 Å². The number of aromatic nitrogens is 2. The van der Waals surface area contributed by atoms with E-state index in [2.05, 4.69) is 10.4 Å². The van der Waals surface area contributed by atoms with Crippen LogP contribution in [0.2, 0.25) is 5.02 Å². The average molecular weight is 408 g/mol. The molecule has 29 heavy (non-hydrogen) atoms. The molecule has 0 bridgehead atoms. The van der Waals surface area contributed by atoms with Gasteiger partial charge in [-0.3, -0.25) is 9.48 Å². The normalized spacial score (nSPS) is 12.1. The molecule has 0 unspecified atom stereocenters. The number of hydrogen-bond donors (Lipinski definition) is 1. The second kappa shape index (κ2) is 8.05. The minimum Gasteiger partial charge on any atom is -0.346 e. The van der Waals surface area contributed by atoms with Crippen LogP contribution in [0.3, 0.4) is 0 Å². The molecule has 1 heterocycles. The summed E-state index contributed by atoms with van der Waals surface area (Å²) < 4.78 is 15.0. The number of nitrogens with zero attached hydrogens (tertiary/aromatic N) is 2. The van der Waals surface area contributed by atoms with Gasteiger partial charge in [0.2, 0.25) is 0 Å². The molecular formula is C23H19ClFN3O. The molecule has 4 rings (SSSR count). The first-order chi connectivity index (χ1) is 14.0. The van der Waals surface area contributed by atoms with Crippen LogP contribution in [0, 0.1) is 5.82 Å². The first-order valence-corrected chi connectivity index (χ1v) is 9.64. The minimum atomic E-state index is -0.299. The highest BCUT2D eigenvalue weighted by Gasteiger charge is 2.13. The van der Waals surface area contributed by atoms with E-state index in [4.69, 9.17) is 11.6 Å². The first-order valence-electron chi connectivity index (χ1n) is 9.26. The van der Waals surface area contributed by atoms with E-state index in [0.29, 0.717) is 17.1 Å². The Bertz CT molecular complexity index is 1150. The molecule has 0 spiro atoms. The van der Waals surface area contributed by atoms with E-state index in [0.717, 1.165) is 22.0 Å². The third-order valence-corrected chi connectivity index (χ3v) is 5.12. The molecule has 146 valence electrons. The fourth-order valence-electron chi connectivity index (χ4n) is 3.22. The standard InChI is InChI=1S/C23H19ClFN3O/c1-15(17-6-10-21(25)11-7-17)27-23(29)18-4-5-19-13-26-28(22(19)12-18)14-16-2-8-20(24)9-3-16/h2-13,15H,14H2,1H3,(H,27,29)/t15-/m1/s1. The number of nitrogens with one attached hydrogen (secondary N) is 1. The molecule has 0 aliphatic heterocycles. The molecule has 4 aromatic rings. The van der Waals surface area contributed by atoms with Crippen LogP contribution in [0.1, 0.15) is 34.5 Å². The lowest BCUT2D eigenvalue weighted by molar-refractivity contribution is 0.0940. The number of benzene rings is 3. The average Bonchev–Trinajstić information content (AvgIpc) is 3.12. The quantitative estimate of drug-likeness (QED) is 0.483. The lowest BCUT2D eigenvalue weighted by atomic mass is 10.1. The van der Waals surface area contributed by atoms with Crippen molar-refractivity contribution in [3.05, 3.63) is 100 Å². The van der Waals surface area contributed by atoms with Crippen molar-refractivity contribution in [2.75, 3.05) is 0 Å². The highest BCUT2D eigenvalue weighted by Crippen LogP contribution is 2.19. The van der Waals surface area contributed by atoms with E-state index in [1.54, 1.807) is 24.4 Å². The molecule has 0 saturated heterocycles. The predicted octanol–water partition coefficient (Wildman–Crippen LogP) is 5.37. The lowest BCUT2D eigenvalue weighted by Crippen LogP contribution is -2.26. The summed E-state index contributed by atoms with van der Waals surface area (Å²) in [4.78, 5) is 12.7. The summed E-state index contributed by atoms with van der Waals surface area (Å²) in [6.07, 6.45) is 1.79. The Morgan fingerprint density at radius 3 is 2.55 bits per heavy atom. The van der Waals surface area contributed by atoms with Gasteiger partial charge in [0, 0.05) is 16.0 Å². The van der Waals surface area contributed by atoms with Gasteiger partial charge in [0.15, 0.2) is 0 Å². The Balaban J connectivity index is 1.55. The highest BCUT2D eigenvalue weighted by molar-refractivity contribution is 6.30. The minimum absolute atomic E-state index is 0.192. The van der Waals surface area contributed by atoms with Crippen molar-refractivity contribution in [2.24, 2.45) is 0 Å². The van der Waals surface area contributed by atoms with Crippen molar-refractivity contribution in [1.82, 2.24) is 15.1 Å². The molecule has 0 aliphatic rings. The summed E-state index contributed by atoms with van der Waals surface area (Å²) in [7, 11) is 0. The number of fused-ring (bicyclic) bond motifs is 1. The van der Waals surface area contributed by atoms with Crippen LogP contribution in [0.5, 0.6) is 0 Å². The summed E-state index contributed by atoms with van der Waals surface area (Å²) in [6, 6.07) is 19.0. The van der Waals surface area contributed by atoms with Crippen molar-refractivity contribution in [3.63, 3.8) is 0 Å². The number of carbonyl (C=O) groups is 1. The number of halogens is 2. The molecule has 1 aromatic heterocycles. The number of amides is 1. The number of rotatable bonds is 5. The zero-order valence-electron chi connectivity index (χ0n) is 15.8. The van der Waals surface area contributed by atoms with Gasteiger partial charge in [0.05, 0.1) is 24.3 Å². The van der Waals surface area contributed by atoms with Crippen molar-refractivity contribution in [1.29, 1.82) is 0 Å². The Hall–Kier alpha value is -3.18. The zero-order valence-corrected chi connectivity index (χ0v) is 16.5. The van der Waals surface area contributed by atoms with E-state index >= 15 is 0 Å². The monoisotopic (exact) mass is 407 g/mol. The summed E-state index contributed by atoms with van der Waals surface area (Å²) in [5.41, 5.74) is 3.33. The summed E-state index contributed by atoms with van der Waals surface area (Å²) in [5, 5.41) is 9.05. The van der Waals surface area contributed by atoms with Crippen LogP contribution in [0.15, 0.2) is 72.9 Å². The molecule has 1 amide bonds. The largest absolute Gasteiger partial charge is 0.346 e. The van der Waals surface area contributed by atoms with Crippen LogP contribution in [0.25, 0.3) is 10.9 Å². The Kier molecular flexibility index (Phi) is 5.32. The molecular weight excluding hydrogens is 389 g/mol. The van der Waals surface area contributed by atoms with Crippen LogP contribution in [0.4, 0.5) is 4.39 Å². The maximum Gasteiger partial charge on any atom is 0.251 e. The molecule has 0 fully saturated rings. The van der Waals surface area contributed by atoms with Crippen molar-refractivity contribution in [2.45, 2.75) is 19.5 Å². The molecule has 0 radical (unpaired) electrons. The fraction of sp³-hybridized carbons (Fsp3) is 0.130. The molecule has 0 aliphatic carbocycles. The Morgan fingerprint density at radius 1 is 1.10 bits per heavy atom. The third kappa shape index (κ3) is 4.30. The molecule has 0 saturated carbocycles. The zero-order chi connectivity index (χ0) is 20.4. The van der Waals surface area contributed by atoms with Gasteiger partial charge >= 0.3 is 0 Å². The van der Waals surface area contributed by atoms with Crippen LogP contribution in [-0.4, -0.2) is 15.7 Å². The summed E-state index contributed by atoms with van der Waals surface area (Å²) in [6.45, 7) is 2.45. The van der Waals surface area contributed by atoms with E-state index in [1.165, 1.54) is 12.1 Å². The molecule has 4 nitrogen and oxygen atoms in total. The van der Waals surface area contributed by atoms with Gasteiger partial charge in [-0.15, -0.1) is 0 Å². The molecule has 6 heteroatoms. The smallest absolute Gasteiger partial charge is 0.251 e. The van der Waals surface area contributed by atoms with Gasteiger partial charge in [-0.25, -0.2) is 4.39 Å². The van der Waals surface area contributed by atoms with Crippen molar-refractivity contribution < 1.29 is 9.18 Å². The van der Waals surface area contributed by atoms with Gasteiger partial charge < -0.3 is 5.32 Å². The van der Waals surface area contributed by atoms with Crippen LogP contribution < -0.4 is 5.32 Å². The van der Waals surface area contributed by atoms with E-state index < -0.39 is 0 Å². The highest BCUT2D eigenvalue weighted by atomic mass is 35.5. The predicted molar refractivity (Wildman–Crippen MR) is 113 cm³/mol. The van der Waals surface area contributed by atoms with Crippen molar-refractivity contribution >= 4 is 28.4 Å². The van der Waals surface area contributed by atoms with Gasteiger partial charge in [-0.05, 0) is 54.4 Å². The lowest BCUT2D eigenvalue weighted by Gasteiger charge is -2.14. The van der Waals surface area contributed by atoms with E-state index in [-0.39, 0.29) is 17.8 Å². The molecule has 3 aromatic carbocycles. The molecule has 1 atom stereocenters. The van der Waals surface area contributed by atoms with Gasteiger partial charge in [-0.1, -0.05) is 41.9 Å². The second-order valence-electron chi connectivity index (χ2n) is 6.95.